The molecule has 0 unspecified atom stereocenters. The molecule has 0 saturated heterocycles. The van der Waals surface area contributed by atoms with Crippen molar-refractivity contribution < 1.29 is 108 Å². The number of methoxy groups -OCH3 is 1. The maximum Gasteiger partial charge on any atom is 0.460 e. The molecule has 3 N–H and O–H groups in total. The Kier molecular flexibility index (Phi) is 20.1. The largest absolute Gasteiger partial charge is 0.497 e. The van der Waals surface area contributed by atoms with Gasteiger partial charge in [0.25, 0.3) is 5.91 Å². The zero-order chi connectivity index (χ0) is 53.2. The summed E-state index contributed by atoms with van der Waals surface area (Å²) in [6.45, 7) is 6.10. The first-order valence-electron chi connectivity index (χ1n) is 20.4. The van der Waals surface area contributed by atoms with E-state index in [-0.39, 0.29) is 11.7 Å². The number of ether oxygens (including phenoxy) is 3. The number of amides is 2. The highest BCUT2D eigenvalue weighted by Gasteiger charge is 2.95. The van der Waals surface area contributed by atoms with E-state index in [1.807, 2.05) is 0 Å². The van der Waals surface area contributed by atoms with E-state index in [9.17, 15) is 75.4 Å². The number of benzene rings is 2. The van der Waals surface area contributed by atoms with Crippen LogP contribution in [0.3, 0.4) is 0 Å². The highest BCUT2D eigenvalue weighted by molar-refractivity contribution is 6.76. The lowest BCUT2D eigenvalue weighted by Crippen LogP contribution is -2.74. The van der Waals surface area contributed by atoms with Gasteiger partial charge in [0.05, 0.1) is 13.7 Å². The van der Waals surface area contributed by atoms with Gasteiger partial charge in [-0.3, -0.25) is 15.3 Å². The molecule has 0 fully saturated rings. The van der Waals surface area contributed by atoms with Gasteiger partial charge in [0.2, 0.25) is 0 Å². The third kappa shape index (κ3) is 13.1. The Morgan fingerprint density at radius 3 is 1.64 bits per heavy atom. The summed E-state index contributed by atoms with van der Waals surface area (Å²) in [6, 6.07) is 10.9. The van der Waals surface area contributed by atoms with E-state index in [0.29, 0.717) is 29.8 Å². The number of hydrogen-bond acceptors (Lipinski definition) is 7. The van der Waals surface area contributed by atoms with Gasteiger partial charge in [-0.1, -0.05) is 65.0 Å². The predicted octanol–water partition coefficient (Wildman–Crippen LogP) is 13.6. The van der Waals surface area contributed by atoms with Crippen molar-refractivity contribution in [2.24, 2.45) is 5.92 Å². The van der Waals surface area contributed by atoms with Crippen molar-refractivity contribution >= 4 is 26.0 Å². The minimum Gasteiger partial charge on any atom is -0.497 e. The van der Waals surface area contributed by atoms with E-state index >= 15 is 8.78 Å². The molecular weight excluding hydrogens is 996 g/mol. The Labute approximate surface area is 385 Å². The van der Waals surface area contributed by atoms with Gasteiger partial charge in [-0.25, -0.2) is 10.3 Å². The van der Waals surface area contributed by atoms with Gasteiger partial charge in [-0.15, -0.1) is 0 Å². The van der Waals surface area contributed by atoms with Crippen molar-refractivity contribution in [2.75, 3.05) is 25.6 Å². The Bertz CT molecular complexity index is 2030. The van der Waals surface area contributed by atoms with Crippen LogP contribution >= 0.6 is 0 Å². The second-order valence-electron chi connectivity index (χ2n) is 16.2. The van der Waals surface area contributed by atoms with Crippen molar-refractivity contribution in [3.05, 3.63) is 78.4 Å². The van der Waals surface area contributed by atoms with Crippen molar-refractivity contribution in [1.82, 2.24) is 5.48 Å². The first-order valence-corrected chi connectivity index (χ1v) is 22.7. The van der Waals surface area contributed by atoms with E-state index in [4.69, 9.17) is 23.8 Å². The summed E-state index contributed by atoms with van der Waals surface area (Å²) in [4.78, 5) is 24.2. The number of carbonyl (C=O) groups is 2. The SMILES string of the molecule is COc1ccc(NC(=O)O[C@H](c2ccc(OCCO[Si](CCC(F)(F)C(F)(F)C(F)(F)C(F)(F)C(F)(F)C(F)(F)C(F)(F)C(F)(F)F)(C(C)C)C(C)C)cc2)[C@@H](C)CC/C=C/C=C/C(=O)NO)cc1. The molecule has 2 aromatic carbocycles. The summed E-state index contributed by atoms with van der Waals surface area (Å²) in [5.74, 6) is -57.3. The number of halogens is 17. The summed E-state index contributed by atoms with van der Waals surface area (Å²) < 4.78 is 259. The number of rotatable bonds is 26. The van der Waals surface area contributed by atoms with Gasteiger partial charge in [-0.2, -0.15) is 74.6 Å². The topological polar surface area (TPSA) is 115 Å². The zero-order valence-electron chi connectivity index (χ0n) is 37.3. The Balaban J connectivity index is 2.29. The molecule has 69 heavy (non-hydrogen) atoms. The summed E-state index contributed by atoms with van der Waals surface area (Å²) in [5, 5.41) is 11.2. The van der Waals surface area contributed by atoms with E-state index in [1.54, 1.807) is 43.3 Å². The number of hydroxylamine groups is 1. The first-order chi connectivity index (χ1) is 31.5. The molecular formula is C42H49F17N2O7Si. The fourth-order valence-corrected chi connectivity index (χ4v) is 11.3. The normalized spacial score (nSPS) is 14.9. The lowest BCUT2D eigenvalue weighted by Gasteiger charge is -2.44. The highest BCUT2D eigenvalue weighted by Crippen LogP contribution is 2.64. The summed E-state index contributed by atoms with van der Waals surface area (Å²) >= 11 is 0. The molecule has 392 valence electrons. The van der Waals surface area contributed by atoms with E-state index in [1.165, 1.54) is 70.6 Å². The van der Waals surface area contributed by atoms with Crippen LogP contribution in [0.4, 0.5) is 85.1 Å². The predicted molar refractivity (Wildman–Crippen MR) is 216 cm³/mol. The van der Waals surface area contributed by atoms with Crippen molar-refractivity contribution in [3.8, 4) is 11.5 Å². The molecule has 0 aromatic heterocycles. The van der Waals surface area contributed by atoms with E-state index in [0.717, 1.165) is 6.08 Å². The molecule has 0 aliphatic rings. The van der Waals surface area contributed by atoms with Crippen LogP contribution in [-0.2, 0) is 14.0 Å². The minimum absolute atomic E-state index is 0.129. The standard InChI is InChI=1S/C42H49F17N2O7Si/c1-25(2)69(26(3)4,24-21-35(43,44)36(45,46)37(47,48)38(49,50)39(51,52)40(53,54)41(55,56)42(57,58)59)67-23-22-66-31-17-13-28(14-18-31)33(27(5)11-9-7-8-10-12-32(62)61-64)68-34(63)60-29-15-19-30(65-6)20-16-29/h7-8,10,12-20,25-27,33,64H,9,11,21-24H2,1-6H3,(H,60,63)(H,61,62)/b8-7+,12-10+/t27-,33-/m0/s1. The van der Waals surface area contributed by atoms with Crippen LogP contribution < -0.4 is 20.3 Å². The van der Waals surface area contributed by atoms with Crippen LogP contribution in [0.1, 0.15) is 65.5 Å². The van der Waals surface area contributed by atoms with Gasteiger partial charge in [-0.05, 0) is 77.8 Å². The van der Waals surface area contributed by atoms with Gasteiger partial charge in [0.1, 0.15) is 24.2 Å². The molecule has 2 rings (SSSR count). The molecule has 0 spiro atoms. The van der Waals surface area contributed by atoms with Crippen LogP contribution in [0.25, 0.3) is 0 Å². The Morgan fingerprint density at radius 2 is 1.16 bits per heavy atom. The molecule has 2 amide bonds. The number of nitrogens with one attached hydrogen (secondary N) is 2. The third-order valence-corrected chi connectivity index (χ3v) is 16.7. The van der Waals surface area contributed by atoms with Crippen LogP contribution in [-0.4, -0.2) is 93.5 Å². The van der Waals surface area contributed by atoms with E-state index in [2.05, 4.69) is 5.32 Å². The van der Waals surface area contributed by atoms with Gasteiger partial charge in [0, 0.05) is 18.2 Å². The van der Waals surface area contributed by atoms with Gasteiger partial charge >= 0.3 is 53.7 Å². The van der Waals surface area contributed by atoms with Gasteiger partial charge < -0.3 is 18.6 Å². The molecule has 9 nitrogen and oxygen atoms in total. The quantitative estimate of drug-likeness (QED) is 0.0163. The number of allylic oxidation sites excluding steroid dienone is 3. The molecule has 0 aliphatic carbocycles. The van der Waals surface area contributed by atoms with E-state index < -0.39 is 111 Å². The fraction of sp³-hybridized carbons (Fsp3) is 0.571. The molecule has 0 bridgehead atoms. The second kappa shape index (κ2) is 23.0. The lowest BCUT2D eigenvalue weighted by atomic mass is 9.88. The maximum atomic E-state index is 15.0. The van der Waals surface area contributed by atoms with Crippen molar-refractivity contribution in [3.63, 3.8) is 0 Å². The summed E-state index contributed by atoms with van der Waals surface area (Å²) in [7, 11) is -2.57. The average molecular weight is 1040 g/mol. The smallest absolute Gasteiger partial charge is 0.460 e. The van der Waals surface area contributed by atoms with Crippen LogP contribution in [0, 0.1) is 5.92 Å². The monoisotopic (exact) mass is 1040 g/mol. The molecule has 0 heterocycles. The number of alkyl halides is 17. The molecule has 0 radical (unpaired) electrons. The zero-order valence-corrected chi connectivity index (χ0v) is 38.3. The second-order valence-corrected chi connectivity index (χ2v) is 21.2. The van der Waals surface area contributed by atoms with Crippen LogP contribution in [0.2, 0.25) is 17.1 Å². The number of anilines is 1. The Morgan fingerprint density at radius 1 is 0.667 bits per heavy atom. The number of hydrogen-bond donors (Lipinski definition) is 3. The third-order valence-electron chi connectivity index (χ3n) is 11.0. The van der Waals surface area contributed by atoms with Crippen molar-refractivity contribution in [2.45, 2.75) is 125 Å². The molecule has 0 aliphatic heterocycles. The lowest BCUT2D eigenvalue weighted by molar-refractivity contribution is -0.461. The Hall–Kier alpha value is -4.79. The van der Waals surface area contributed by atoms with Gasteiger partial charge in [0.15, 0.2) is 8.32 Å². The molecule has 0 saturated carbocycles. The minimum atomic E-state index is -8.70. The highest BCUT2D eigenvalue weighted by atomic mass is 28.4. The van der Waals surface area contributed by atoms with Crippen LogP contribution in [0.15, 0.2) is 72.8 Å². The van der Waals surface area contributed by atoms with Crippen molar-refractivity contribution in [1.29, 1.82) is 0 Å². The fourth-order valence-electron chi connectivity index (χ4n) is 6.82. The summed E-state index contributed by atoms with van der Waals surface area (Å²) in [5.41, 5.74) is 0.478. The maximum absolute atomic E-state index is 15.0. The summed E-state index contributed by atoms with van der Waals surface area (Å²) in [6.07, 6.45) is -5.57. The molecule has 2 atom stereocenters. The van der Waals surface area contributed by atoms with Crippen LogP contribution in [0.5, 0.6) is 11.5 Å². The molecule has 27 heteroatoms. The average Bonchev–Trinajstić information content (AvgIpc) is 3.25. The number of carbonyl (C=O) groups excluding carboxylic acids is 2. The molecule has 2 aromatic rings. The first kappa shape index (κ1) is 60.3.